The Bertz CT molecular complexity index is 836. The predicted octanol–water partition coefficient (Wildman–Crippen LogP) is 3.42. The number of amides is 3. The van der Waals surface area contributed by atoms with Gasteiger partial charge >= 0.3 is 6.03 Å². The van der Waals surface area contributed by atoms with Gasteiger partial charge in [-0.05, 0) is 29.7 Å². The number of urea groups is 1. The Morgan fingerprint density at radius 1 is 1.08 bits per heavy atom. The third-order valence-corrected chi connectivity index (χ3v) is 5.15. The molecule has 2 aromatic carbocycles. The molecule has 1 heterocycles. The molecule has 5 nitrogen and oxygen atoms in total. The van der Waals surface area contributed by atoms with Crippen molar-refractivity contribution in [3.63, 3.8) is 0 Å². The lowest BCUT2D eigenvalue weighted by Crippen LogP contribution is -2.43. The lowest BCUT2D eigenvalue weighted by atomic mass is 9.87. The van der Waals surface area contributed by atoms with Crippen molar-refractivity contribution < 1.29 is 14.4 Å². The fourth-order valence-corrected chi connectivity index (χ4v) is 3.46. The molecule has 1 unspecified atom stereocenters. The zero-order valence-electron chi connectivity index (χ0n) is 14.4. The van der Waals surface area contributed by atoms with Crippen LogP contribution < -0.4 is 5.32 Å². The van der Waals surface area contributed by atoms with Crippen molar-refractivity contribution in [3.05, 3.63) is 70.2 Å². The van der Waals surface area contributed by atoms with Crippen LogP contribution in [0.2, 0.25) is 0 Å². The number of Topliss-reactive ketones (excluding diaryl/α,β-unsaturated/α-hetero) is 1. The second kappa shape index (κ2) is 7.41. The van der Waals surface area contributed by atoms with Crippen LogP contribution in [0.3, 0.4) is 0 Å². The number of hydrogen-bond acceptors (Lipinski definition) is 3. The molecule has 0 aliphatic carbocycles. The Balaban J connectivity index is 1.76. The third-order valence-electron chi connectivity index (χ3n) is 4.62. The summed E-state index contributed by atoms with van der Waals surface area (Å²) < 4.78 is 0.929. The number of nitrogens with zero attached hydrogens (tertiary/aromatic N) is 1. The number of carbonyl (C=O) groups excluding carboxylic acids is 3. The van der Waals surface area contributed by atoms with Gasteiger partial charge < -0.3 is 5.32 Å². The minimum absolute atomic E-state index is 0.175. The predicted molar refractivity (Wildman–Crippen MR) is 102 cm³/mol. The summed E-state index contributed by atoms with van der Waals surface area (Å²) in [6.45, 7) is 1.62. The number of benzene rings is 2. The van der Waals surface area contributed by atoms with Gasteiger partial charge in [0.2, 0.25) is 0 Å². The van der Waals surface area contributed by atoms with E-state index >= 15 is 0 Å². The van der Waals surface area contributed by atoms with Crippen molar-refractivity contribution in [2.75, 3.05) is 6.54 Å². The lowest BCUT2D eigenvalue weighted by Gasteiger charge is -2.25. The van der Waals surface area contributed by atoms with Crippen LogP contribution in [0.25, 0.3) is 0 Å². The Kier molecular flexibility index (Phi) is 5.23. The van der Waals surface area contributed by atoms with Gasteiger partial charge in [0.1, 0.15) is 5.54 Å². The first-order chi connectivity index (χ1) is 12.5. The molecule has 0 spiro atoms. The molecule has 1 fully saturated rings. The van der Waals surface area contributed by atoms with E-state index in [4.69, 9.17) is 0 Å². The van der Waals surface area contributed by atoms with Crippen molar-refractivity contribution in [1.82, 2.24) is 10.2 Å². The Hall–Kier alpha value is -2.47. The highest BCUT2D eigenvalue weighted by Gasteiger charge is 2.51. The molecule has 0 radical (unpaired) electrons. The average molecular weight is 415 g/mol. The highest BCUT2D eigenvalue weighted by Crippen LogP contribution is 2.32. The van der Waals surface area contributed by atoms with E-state index in [-0.39, 0.29) is 24.7 Å². The molecule has 26 heavy (non-hydrogen) atoms. The Labute approximate surface area is 160 Å². The number of nitrogens with one attached hydrogen (secondary N) is 1. The molecular weight excluding hydrogens is 396 g/mol. The smallest absolute Gasteiger partial charge is 0.319 e. The number of hydrogen-bond donors (Lipinski definition) is 1. The Morgan fingerprint density at radius 2 is 1.73 bits per heavy atom. The van der Waals surface area contributed by atoms with Crippen molar-refractivity contribution in [2.45, 2.75) is 25.3 Å². The van der Waals surface area contributed by atoms with Crippen LogP contribution in [-0.4, -0.2) is 29.2 Å². The van der Waals surface area contributed by atoms with Crippen LogP contribution in [0.15, 0.2) is 59.1 Å². The van der Waals surface area contributed by atoms with Crippen LogP contribution in [0.1, 0.15) is 24.5 Å². The van der Waals surface area contributed by atoms with Crippen molar-refractivity contribution >= 4 is 33.7 Å². The van der Waals surface area contributed by atoms with E-state index in [2.05, 4.69) is 21.2 Å². The van der Waals surface area contributed by atoms with Crippen molar-refractivity contribution in [3.8, 4) is 0 Å². The molecule has 3 amide bonds. The molecule has 134 valence electrons. The number of imide groups is 1. The first-order valence-electron chi connectivity index (χ1n) is 8.42. The molecule has 2 aromatic rings. The highest BCUT2D eigenvalue weighted by molar-refractivity contribution is 9.10. The second-order valence-electron chi connectivity index (χ2n) is 6.29. The van der Waals surface area contributed by atoms with E-state index in [0.29, 0.717) is 6.42 Å². The van der Waals surface area contributed by atoms with Gasteiger partial charge in [0, 0.05) is 10.9 Å². The van der Waals surface area contributed by atoms with Gasteiger partial charge in [0.25, 0.3) is 5.91 Å². The van der Waals surface area contributed by atoms with Crippen molar-refractivity contribution in [1.29, 1.82) is 0 Å². The van der Waals surface area contributed by atoms with Crippen LogP contribution in [0.5, 0.6) is 0 Å². The molecule has 0 bridgehead atoms. The quantitative estimate of drug-likeness (QED) is 0.736. The van der Waals surface area contributed by atoms with Crippen LogP contribution in [-0.2, 0) is 21.5 Å². The maximum Gasteiger partial charge on any atom is 0.325 e. The fraction of sp³-hybridized carbons (Fsp3) is 0.250. The fourth-order valence-electron chi connectivity index (χ4n) is 3.19. The minimum atomic E-state index is -1.10. The molecule has 3 rings (SSSR count). The first kappa shape index (κ1) is 18.3. The molecule has 0 saturated carbocycles. The SMILES string of the molecule is CCC1(c2ccccc2)NC(=O)N(CC(=O)Cc2ccc(Br)cc2)C1=O. The summed E-state index contributed by atoms with van der Waals surface area (Å²) in [4.78, 5) is 38.8. The zero-order valence-corrected chi connectivity index (χ0v) is 16.0. The largest absolute Gasteiger partial charge is 0.325 e. The maximum atomic E-state index is 13.0. The number of halogens is 1. The summed E-state index contributed by atoms with van der Waals surface area (Å²) in [6.07, 6.45) is 0.591. The highest BCUT2D eigenvalue weighted by atomic mass is 79.9. The van der Waals surface area contributed by atoms with Gasteiger partial charge in [0.15, 0.2) is 5.78 Å². The van der Waals surface area contributed by atoms with E-state index < -0.39 is 11.6 Å². The van der Waals surface area contributed by atoms with Gasteiger partial charge in [-0.1, -0.05) is 65.3 Å². The summed E-state index contributed by atoms with van der Waals surface area (Å²) >= 11 is 3.35. The molecule has 1 N–H and O–H groups in total. The van der Waals surface area contributed by atoms with E-state index in [1.54, 1.807) is 0 Å². The van der Waals surface area contributed by atoms with Gasteiger partial charge in [-0.2, -0.15) is 0 Å². The van der Waals surface area contributed by atoms with Gasteiger partial charge in [-0.15, -0.1) is 0 Å². The van der Waals surface area contributed by atoms with Gasteiger partial charge in [-0.25, -0.2) is 4.79 Å². The summed E-state index contributed by atoms with van der Waals surface area (Å²) in [5.41, 5.74) is 0.467. The second-order valence-corrected chi connectivity index (χ2v) is 7.20. The average Bonchev–Trinajstić information content (AvgIpc) is 2.89. The monoisotopic (exact) mass is 414 g/mol. The maximum absolute atomic E-state index is 13.0. The molecular formula is C20H19BrN2O3. The molecule has 1 aliphatic rings. The number of rotatable bonds is 6. The van der Waals surface area contributed by atoms with Crippen molar-refractivity contribution in [2.24, 2.45) is 0 Å². The zero-order chi connectivity index (χ0) is 18.7. The minimum Gasteiger partial charge on any atom is -0.319 e. The van der Waals surface area contributed by atoms with E-state index in [9.17, 15) is 14.4 Å². The summed E-state index contributed by atoms with van der Waals surface area (Å²) in [6, 6.07) is 16.0. The summed E-state index contributed by atoms with van der Waals surface area (Å²) in [5.74, 6) is -0.559. The van der Waals surface area contributed by atoms with Gasteiger partial charge in [0.05, 0.1) is 6.54 Å². The Morgan fingerprint density at radius 3 is 2.35 bits per heavy atom. The molecule has 1 aliphatic heterocycles. The third kappa shape index (κ3) is 3.42. The normalized spacial score (nSPS) is 19.5. The van der Waals surface area contributed by atoms with E-state index in [1.165, 1.54) is 0 Å². The standard InChI is InChI=1S/C20H19BrN2O3/c1-2-20(15-6-4-3-5-7-15)18(25)23(19(26)22-20)13-17(24)12-14-8-10-16(21)11-9-14/h3-11H,2,12-13H2,1H3,(H,22,26). The number of ketones is 1. The summed E-state index contributed by atoms with van der Waals surface area (Å²) in [5, 5.41) is 2.79. The summed E-state index contributed by atoms with van der Waals surface area (Å²) in [7, 11) is 0. The molecule has 1 atom stereocenters. The van der Waals surface area contributed by atoms with E-state index in [0.717, 1.165) is 20.5 Å². The van der Waals surface area contributed by atoms with Crippen LogP contribution >= 0.6 is 15.9 Å². The topological polar surface area (TPSA) is 66.5 Å². The van der Waals surface area contributed by atoms with Crippen LogP contribution in [0, 0.1) is 0 Å². The van der Waals surface area contributed by atoms with E-state index in [1.807, 2.05) is 61.5 Å². The van der Waals surface area contributed by atoms with Crippen LogP contribution in [0.4, 0.5) is 4.79 Å². The van der Waals surface area contributed by atoms with Gasteiger partial charge in [-0.3, -0.25) is 14.5 Å². The molecule has 6 heteroatoms. The number of carbonyl (C=O) groups is 3. The first-order valence-corrected chi connectivity index (χ1v) is 9.21. The lowest BCUT2D eigenvalue weighted by molar-refractivity contribution is -0.134. The molecule has 1 saturated heterocycles. The molecule has 0 aromatic heterocycles.